The van der Waals surface area contributed by atoms with Crippen molar-refractivity contribution < 1.29 is 19.1 Å². The average Bonchev–Trinajstić information content (AvgIpc) is 3.26. The fourth-order valence-electron chi connectivity index (χ4n) is 3.15. The fourth-order valence-corrected chi connectivity index (χ4v) is 5.16. The minimum atomic E-state index is -0.470. The molecule has 11 heteroatoms. The van der Waals surface area contributed by atoms with Crippen molar-refractivity contribution >= 4 is 51.6 Å². The van der Waals surface area contributed by atoms with Gasteiger partial charge < -0.3 is 19.4 Å². The predicted molar refractivity (Wildman–Crippen MR) is 131 cm³/mol. The lowest BCUT2D eigenvalue weighted by Crippen LogP contribution is -2.16. The number of nitrogens with zero attached hydrogens (tertiary/aromatic N) is 3. The Morgan fingerprint density at radius 2 is 2.00 bits per heavy atom. The van der Waals surface area contributed by atoms with Gasteiger partial charge in [-0.05, 0) is 57.0 Å². The highest BCUT2D eigenvalue weighted by Gasteiger charge is 2.23. The number of thioether (sulfide) groups is 1. The number of hydrogen-bond acceptors (Lipinski definition) is 8. The molecule has 1 atom stereocenters. The summed E-state index contributed by atoms with van der Waals surface area (Å²) in [5.41, 5.74) is 2.12. The highest BCUT2D eigenvalue weighted by Crippen LogP contribution is 2.33. The number of amides is 1. The SMILES string of the molecule is COC(=O)c1c(NC(=O)CSc2nnc(C(C)Oc3ccc(Cl)cc3C)n2C)sc(C)c1C. The first-order valence-electron chi connectivity index (χ1n) is 10.0. The van der Waals surface area contributed by atoms with Crippen molar-refractivity contribution in [2.24, 2.45) is 7.05 Å². The molecule has 0 radical (unpaired) electrons. The van der Waals surface area contributed by atoms with Crippen molar-refractivity contribution in [3.05, 3.63) is 50.6 Å². The van der Waals surface area contributed by atoms with Crippen LogP contribution in [0, 0.1) is 20.8 Å². The van der Waals surface area contributed by atoms with E-state index in [0.717, 1.165) is 16.0 Å². The van der Waals surface area contributed by atoms with Crippen LogP contribution >= 0.6 is 34.7 Å². The maximum absolute atomic E-state index is 12.6. The number of carbonyl (C=O) groups is 2. The molecule has 176 valence electrons. The van der Waals surface area contributed by atoms with Crippen LogP contribution in [0.15, 0.2) is 23.4 Å². The van der Waals surface area contributed by atoms with Crippen LogP contribution in [-0.2, 0) is 16.6 Å². The molecule has 0 saturated carbocycles. The van der Waals surface area contributed by atoms with E-state index >= 15 is 0 Å². The van der Waals surface area contributed by atoms with E-state index in [1.165, 1.54) is 30.2 Å². The van der Waals surface area contributed by atoms with Gasteiger partial charge in [-0.3, -0.25) is 4.79 Å². The third kappa shape index (κ3) is 5.69. The van der Waals surface area contributed by atoms with Gasteiger partial charge in [-0.15, -0.1) is 21.5 Å². The van der Waals surface area contributed by atoms with Gasteiger partial charge in [0.1, 0.15) is 10.8 Å². The number of halogens is 1. The summed E-state index contributed by atoms with van der Waals surface area (Å²) in [6.07, 6.45) is -0.356. The molecule has 3 rings (SSSR count). The first-order chi connectivity index (χ1) is 15.6. The molecule has 0 fully saturated rings. The molecule has 33 heavy (non-hydrogen) atoms. The smallest absolute Gasteiger partial charge is 0.341 e. The van der Waals surface area contributed by atoms with Gasteiger partial charge in [0.05, 0.1) is 18.4 Å². The molecule has 1 unspecified atom stereocenters. The topological polar surface area (TPSA) is 95.3 Å². The van der Waals surface area contributed by atoms with Crippen molar-refractivity contribution in [2.75, 3.05) is 18.2 Å². The summed E-state index contributed by atoms with van der Waals surface area (Å²) in [7, 11) is 3.15. The third-order valence-corrected chi connectivity index (χ3v) is 7.41. The number of benzene rings is 1. The van der Waals surface area contributed by atoms with Gasteiger partial charge in [-0.25, -0.2) is 4.79 Å². The number of aromatic nitrogens is 3. The Labute approximate surface area is 205 Å². The maximum Gasteiger partial charge on any atom is 0.341 e. The van der Waals surface area contributed by atoms with Crippen molar-refractivity contribution in [3.63, 3.8) is 0 Å². The van der Waals surface area contributed by atoms with Crippen LogP contribution in [0.3, 0.4) is 0 Å². The molecular formula is C22H25ClN4O4S2. The summed E-state index contributed by atoms with van der Waals surface area (Å²) in [4.78, 5) is 25.6. The molecule has 0 bridgehead atoms. The van der Waals surface area contributed by atoms with E-state index in [-0.39, 0.29) is 17.8 Å². The summed E-state index contributed by atoms with van der Waals surface area (Å²) < 4.78 is 12.7. The molecule has 3 aromatic rings. The number of ether oxygens (including phenoxy) is 2. The Bertz CT molecular complexity index is 1190. The summed E-state index contributed by atoms with van der Waals surface area (Å²) >= 11 is 8.61. The largest absolute Gasteiger partial charge is 0.482 e. The summed E-state index contributed by atoms with van der Waals surface area (Å²) in [6, 6.07) is 5.43. The van der Waals surface area contributed by atoms with E-state index in [0.29, 0.717) is 32.3 Å². The van der Waals surface area contributed by atoms with E-state index in [1.54, 1.807) is 10.6 Å². The lowest BCUT2D eigenvalue weighted by Gasteiger charge is -2.16. The molecule has 8 nitrogen and oxygen atoms in total. The van der Waals surface area contributed by atoms with Crippen LogP contribution in [0.1, 0.15) is 45.2 Å². The number of nitrogens with one attached hydrogen (secondary N) is 1. The van der Waals surface area contributed by atoms with Crippen LogP contribution in [0.25, 0.3) is 0 Å². The van der Waals surface area contributed by atoms with Crippen LogP contribution < -0.4 is 10.1 Å². The Balaban J connectivity index is 1.64. The van der Waals surface area contributed by atoms with Gasteiger partial charge in [0.25, 0.3) is 0 Å². The standard InChI is InChI=1S/C22H25ClN4O4S2/c1-11-9-15(23)7-8-16(11)31-13(3)19-25-26-22(27(19)5)32-10-17(28)24-20-18(21(29)30-6)12(2)14(4)33-20/h7-9,13H,10H2,1-6H3,(H,24,28). The van der Waals surface area contributed by atoms with Crippen molar-refractivity contribution in [2.45, 2.75) is 39.0 Å². The maximum atomic E-state index is 12.6. The Kier molecular flexibility index (Phi) is 8.04. The second kappa shape index (κ2) is 10.6. The van der Waals surface area contributed by atoms with E-state index in [9.17, 15) is 9.59 Å². The lowest BCUT2D eigenvalue weighted by molar-refractivity contribution is -0.113. The molecule has 0 aliphatic heterocycles. The molecule has 0 spiro atoms. The van der Waals surface area contributed by atoms with Gasteiger partial charge in [0, 0.05) is 16.9 Å². The minimum Gasteiger partial charge on any atom is -0.482 e. The van der Waals surface area contributed by atoms with E-state index < -0.39 is 5.97 Å². The first kappa shape index (κ1) is 25.1. The van der Waals surface area contributed by atoms with E-state index in [1.807, 2.05) is 46.9 Å². The van der Waals surface area contributed by atoms with E-state index in [2.05, 4.69) is 15.5 Å². The highest BCUT2D eigenvalue weighted by molar-refractivity contribution is 7.99. The number of rotatable bonds is 8. The molecule has 0 aliphatic rings. The lowest BCUT2D eigenvalue weighted by atomic mass is 10.1. The molecule has 2 aromatic heterocycles. The number of aryl methyl sites for hydroxylation is 2. The monoisotopic (exact) mass is 508 g/mol. The van der Waals surface area contributed by atoms with Crippen LogP contribution in [0.2, 0.25) is 5.02 Å². The summed E-state index contributed by atoms with van der Waals surface area (Å²) in [6.45, 7) is 7.53. The third-order valence-electron chi connectivity index (χ3n) is 5.03. The number of esters is 1. The zero-order chi connectivity index (χ0) is 24.3. The molecule has 1 aromatic carbocycles. The second-order valence-corrected chi connectivity index (χ2v) is 9.99. The molecule has 2 heterocycles. The number of methoxy groups -OCH3 is 1. The number of thiophene rings is 1. The fraction of sp³-hybridized carbons (Fsp3) is 0.364. The van der Waals surface area contributed by atoms with Gasteiger partial charge >= 0.3 is 5.97 Å². The molecular weight excluding hydrogens is 484 g/mol. The van der Waals surface area contributed by atoms with Gasteiger partial charge in [-0.1, -0.05) is 23.4 Å². The van der Waals surface area contributed by atoms with Crippen LogP contribution in [-0.4, -0.2) is 39.5 Å². The number of anilines is 1. The summed E-state index contributed by atoms with van der Waals surface area (Å²) in [5.74, 6) is 0.726. The van der Waals surface area contributed by atoms with Crippen molar-refractivity contribution in [1.29, 1.82) is 0 Å². The molecule has 0 aliphatic carbocycles. The minimum absolute atomic E-state index is 0.105. The first-order valence-corrected chi connectivity index (χ1v) is 12.2. The number of carbonyl (C=O) groups excluding carboxylic acids is 2. The van der Waals surface area contributed by atoms with Crippen molar-refractivity contribution in [1.82, 2.24) is 14.8 Å². The number of hydrogen-bond donors (Lipinski definition) is 1. The molecule has 1 amide bonds. The van der Waals surface area contributed by atoms with Crippen LogP contribution in [0.4, 0.5) is 5.00 Å². The van der Waals surface area contributed by atoms with Crippen LogP contribution in [0.5, 0.6) is 5.75 Å². The van der Waals surface area contributed by atoms with Crippen molar-refractivity contribution in [3.8, 4) is 5.75 Å². The highest BCUT2D eigenvalue weighted by atomic mass is 35.5. The Morgan fingerprint density at radius 3 is 2.67 bits per heavy atom. The average molecular weight is 509 g/mol. The quantitative estimate of drug-likeness (QED) is 0.333. The molecule has 1 N–H and O–H groups in total. The van der Waals surface area contributed by atoms with Gasteiger partial charge in [-0.2, -0.15) is 0 Å². The molecule has 0 saturated heterocycles. The predicted octanol–water partition coefficient (Wildman–Crippen LogP) is 5.11. The summed E-state index contributed by atoms with van der Waals surface area (Å²) in [5, 5.41) is 13.0. The Morgan fingerprint density at radius 1 is 1.27 bits per heavy atom. The second-order valence-electron chi connectivity index (χ2n) is 7.39. The van der Waals surface area contributed by atoms with E-state index in [4.69, 9.17) is 21.1 Å². The van der Waals surface area contributed by atoms with Gasteiger partial charge in [0.15, 0.2) is 17.1 Å². The zero-order valence-electron chi connectivity index (χ0n) is 19.2. The normalized spacial score (nSPS) is 11.8. The zero-order valence-corrected chi connectivity index (χ0v) is 21.6. The Hall–Kier alpha value is -2.56. The van der Waals surface area contributed by atoms with Gasteiger partial charge in [0.2, 0.25) is 5.91 Å².